The number of imidazole rings is 1. The van der Waals surface area contributed by atoms with Gasteiger partial charge < -0.3 is 9.47 Å². The molecule has 0 N–H and O–H groups in total. The van der Waals surface area contributed by atoms with Crippen molar-refractivity contribution in [3.8, 4) is 0 Å². The number of halogens is 3. The zero-order chi connectivity index (χ0) is 18.4. The summed E-state index contributed by atoms with van der Waals surface area (Å²) in [5.41, 5.74) is -0.127. The van der Waals surface area contributed by atoms with Crippen molar-refractivity contribution in [2.45, 2.75) is 39.4 Å². The summed E-state index contributed by atoms with van der Waals surface area (Å²) in [6.45, 7) is 4.60. The van der Waals surface area contributed by atoms with Crippen molar-refractivity contribution in [2.24, 2.45) is 5.92 Å². The quantitative estimate of drug-likeness (QED) is 0.831. The Morgan fingerprint density at radius 3 is 2.72 bits per heavy atom. The Morgan fingerprint density at radius 2 is 2.12 bits per heavy atom. The van der Waals surface area contributed by atoms with Crippen molar-refractivity contribution in [1.29, 1.82) is 0 Å². The van der Waals surface area contributed by atoms with E-state index in [1.165, 1.54) is 11.3 Å². The van der Waals surface area contributed by atoms with Gasteiger partial charge in [-0.05, 0) is 26.2 Å². The summed E-state index contributed by atoms with van der Waals surface area (Å²) in [5.74, 6) is 0.480. The van der Waals surface area contributed by atoms with Gasteiger partial charge in [0.25, 0.3) is 5.91 Å². The highest BCUT2D eigenvalue weighted by Crippen LogP contribution is 2.31. The van der Waals surface area contributed by atoms with Crippen LogP contribution in [-0.2, 0) is 19.1 Å². The highest BCUT2D eigenvalue weighted by Gasteiger charge is 2.36. The normalized spacial score (nSPS) is 17.4. The first kappa shape index (κ1) is 17.9. The van der Waals surface area contributed by atoms with Gasteiger partial charge in [-0.1, -0.05) is 0 Å². The molecule has 0 aliphatic carbocycles. The largest absolute Gasteiger partial charge is 0.434 e. The van der Waals surface area contributed by atoms with E-state index in [-0.39, 0.29) is 11.8 Å². The van der Waals surface area contributed by atoms with Gasteiger partial charge in [0.05, 0.1) is 10.7 Å². The molecule has 0 fully saturated rings. The summed E-state index contributed by atoms with van der Waals surface area (Å²) >= 11 is 1.36. The van der Waals surface area contributed by atoms with Gasteiger partial charge in [0, 0.05) is 32.8 Å². The minimum atomic E-state index is -4.42. The first-order valence-corrected chi connectivity index (χ1v) is 8.79. The first-order valence-electron chi connectivity index (χ1n) is 7.98. The average Bonchev–Trinajstić information content (AvgIpc) is 3.08. The third-order valence-corrected chi connectivity index (χ3v) is 5.42. The maximum Gasteiger partial charge on any atom is 0.434 e. The summed E-state index contributed by atoms with van der Waals surface area (Å²) in [7, 11) is 1.72. The molecular weight excluding hydrogens is 353 g/mol. The first-order chi connectivity index (χ1) is 11.6. The lowest BCUT2D eigenvalue weighted by molar-refractivity contribution is -0.141. The Labute approximate surface area is 147 Å². The van der Waals surface area contributed by atoms with Gasteiger partial charge in [0.15, 0.2) is 5.69 Å². The highest BCUT2D eigenvalue weighted by atomic mass is 32.1. The van der Waals surface area contributed by atoms with Crippen LogP contribution in [0.3, 0.4) is 0 Å². The van der Waals surface area contributed by atoms with Crippen LogP contribution in [0.2, 0.25) is 0 Å². The van der Waals surface area contributed by atoms with E-state index in [4.69, 9.17) is 0 Å². The Balaban J connectivity index is 1.67. The van der Waals surface area contributed by atoms with Crippen LogP contribution < -0.4 is 0 Å². The fraction of sp³-hybridized carbons (Fsp3) is 0.562. The number of hydrogen-bond acceptors (Lipinski definition) is 4. The van der Waals surface area contributed by atoms with Crippen molar-refractivity contribution in [1.82, 2.24) is 19.4 Å². The third-order valence-electron chi connectivity index (χ3n) is 4.36. The lowest BCUT2D eigenvalue weighted by atomic mass is 9.99. The molecule has 3 heterocycles. The van der Waals surface area contributed by atoms with Crippen LogP contribution in [0.5, 0.6) is 0 Å². The van der Waals surface area contributed by atoms with Crippen molar-refractivity contribution in [3.63, 3.8) is 0 Å². The molecule has 2 aromatic heterocycles. The smallest absolute Gasteiger partial charge is 0.341 e. The van der Waals surface area contributed by atoms with Crippen molar-refractivity contribution < 1.29 is 18.0 Å². The topological polar surface area (TPSA) is 51.0 Å². The molecular formula is C16H19F3N4OS. The van der Waals surface area contributed by atoms with Gasteiger partial charge in [0.1, 0.15) is 10.7 Å². The van der Waals surface area contributed by atoms with Gasteiger partial charge in [-0.3, -0.25) is 4.79 Å². The molecule has 2 aromatic rings. The minimum Gasteiger partial charge on any atom is -0.341 e. The van der Waals surface area contributed by atoms with E-state index in [1.54, 1.807) is 16.5 Å². The summed E-state index contributed by atoms with van der Waals surface area (Å²) in [4.78, 5) is 22.8. The zero-order valence-corrected chi connectivity index (χ0v) is 15.0. The molecule has 0 aromatic carbocycles. The molecule has 1 amide bonds. The second-order valence-electron chi connectivity index (χ2n) is 6.43. The van der Waals surface area contributed by atoms with E-state index in [0.29, 0.717) is 36.6 Å². The summed E-state index contributed by atoms with van der Waals surface area (Å²) in [5, 5.41) is 0.842. The lowest BCUT2D eigenvalue weighted by Gasteiger charge is -2.28. The molecule has 0 bridgehead atoms. The van der Waals surface area contributed by atoms with Gasteiger partial charge in [-0.2, -0.15) is 13.2 Å². The van der Waals surface area contributed by atoms with E-state index in [1.807, 2.05) is 13.8 Å². The van der Waals surface area contributed by atoms with Crippen molar-refractivity contribution in [3.05, 3.63) is 33.3 Å². The minimum absolute atomic E-state index is 0.0875. The van der Waals surface area contributed by atoms with Crippen LogP contribution >= 0.6 is 11.3 Å². The number of aromatic nitrogens is 3. The Morgan fingerprint density at radius 1 is 1.40 bits per heavy atom. The summed E-state index contributed by atoms with van der Waals surface area (Å²) in [6.07, 6.45) is -2.15. The van der Waals surface area contributed by atoms with Crippen molar-refractivity contribution >= 4 is 17.2 Å². The number of rotatable bonds is 3. The maximum atomic E-state index is 12.8. The number of aryl methyl sites for hydroxylation is 3. The fourth-order valence-electron chi connectivity index (χ4n) is 3.17. The van der Waals surface area contributed by atoms with Crippen LogP contribution in [0, 0.1) is 19.8 Å². The zero-order valence-electron chi connectivity index (χ0n) is 14.2. The Bertz CT molecular complexity index is 796. The average molecular weight is 372 g/mol. The molecule has 9 heteroatoms. The Kier molecular flexibility index (Phi) is 4.61. The van der Waals surface area contributed by atoms with E-state index in [0.717, 1.165) is 16.9 Å². The van der Waals surface area contributed by atoms with Crippen LogP contribution in [0.25, 0.3) is 0 Å². The number of thiazole rings is 1. The molecule has 25 heavy (non-hydrogen) atoms. The fourth-order valence-corrected chi connectivity index (χ4v) is 4.09. The monoisotopic (exact) mass is 372 g/mol. The number of hydrogen-bond donors (Lipinski definition) is 0. The van der Waals surface area contributed by atoms with Crippen molar-refractivity contribution in [2.75, 3.05) is 13.6 Å². The van der Waals surface area contributed by atoms with Crippen LogP contribution in [0.1, 0.15) is 38.3 Å². The molecule has 0 unspecified atom stereocenters. The van der Waals surface area contributed by atoms with E-state index in [9.17, 15) is 18.0 Å². The number of amides is 1. The number of alkyl halides is 3. The molecule has 5 nitrogen and oxygen atoms in total. The highest BCUT2D eigenvalue weighted by molar-refractivity contribution is 7.13. The van der Waals surface area contributed by atoms with E-state index < -0.39 is 11.9 Å². The SMILES string of the molecule is Cc1nc(C)c(C(=O)N(C)C[C@H]2CCc3nc(C(F)(F)F)cn3C2)s1. The molecule has 136 valence electrons. The van der Waals surface area contributed by atoms with Gasteiger partial charge in [-0.15, -0.1) is 11.3 Å². The molecule has 1 atom stereocenters. The maximum absolute atomic E-state index is 12.8. The van der Waals surface area contributed by atoms with Crippen LogP contribution in [0.4, 0.5) is 13.2 Å². The van der Waals surface area contributed by atoms with Crippen LogP contribution in [0.15, 0.2) is 6.20 Å². The van der Waals surface area contributed by atoms with Gasteiger partial charge in [-0.25, -0.2) is 9.97 Å². The molecule has 1 aliphatic heterocycles. The van der Waals surface area contributed by atoms with E-state index in [2.05, 4.69) is 9.97 Å². The standard InChI is InChI=1S/C16H19F3N4OS/c1-9-14(25-10(2)20-9)15(24)22(3)6-11-4-5-13-21-12(16(17,18)19)8-23(13)7-11/h8,11H,4-7H2,1-3H3/t11-/m1/s1. The van der Waals surface area contributed by atoms with E-state index >= 15 is 0 Å². The summed E-state index contributed by atoms with van der Waals surface area (Å²) in [6, 6.07) is 0. The number of fused-ring (bicyclic) bond motifs is 1. The molecule has 0 saturated heterocycles. The molecule has 3 rings (SSSR count). The predicted molar refractivity (Wildman–Crippen MR) is 87.6 cm³/mol. The predicted octanol–water partition coefficient (Wildman–Crippen LogP) is 3.31. The number of carbonyl (C=O) groups is 1. The second kappa shape index (κ2) is 6.44. The molecule has 0 radical (unpaired) electrons. The third kappa shape index (κ3) is 3.70. The second-order valence-corrected chi connectivity index (χ2v) is 7.63. The number of carbonyl (C=O) groups excluding carboxylic acids is 1. The van der Waals surface area contributed by atoms with Gasteiger partial charge >= 0.3 is 6.18 Å². The Hall–Kier alpha value is -1.90. The molecule has 0 spiro atoms. The van der Waals surface area contributed by atoms with Gasteiger partial charge in [0.2, 0.25) is 0 Å². The number of nitrogens with zero attached hydrogens (tertiary/aromatic N) is 4. The molecule has 1 aliphatic rings. The molecule has 0 saturated carbocycles. The summed E-state index contributed by atoms with van der Waals surface area (Å²) < 4.78 is 39.9. The lowest BCUT2D eigenvalue weighted by Crippen LogP contribution is -2.35. The van der Waals surface area contributed by atoms with Crippen LogP contribution in [-0.4, -0.2) is 38.9 Å².